The highest BCUT2D eigenvalue weighted by Gasteiger charge is 2.19. The van der Waals surface area contributed by atoms with Crippen molar-refractivity contribution in [1.29, 1.82) is 0 Å². The van der Waals surface area contributed by atoms with Gasteiger partial charge in [0.2, 0.25) is 10.0 Å². The van der Waals surface area contributed by atoms with Gasteiger partial charge in [-0.25, -0.2) is 18.4 Å². The summed E-state index contributed by atoms with van der Waals surface area (Å²) in [6.45, 7) is 1.18. The monoisotopic (exact) mass is 412 g/mol. The van der Waals surface area contributed by atoms with Crippen molar-refractivity contribution < 1.29 is 27.5 Å². The molecule has 0 aliphatic carbocycles. The Morgan fingerprint density at radius 3 is 2.48 bits per heavy atom. The van der Waals surface area contributed by atoms with Crippen molar-refractivity contribution in [2.45, 2.75) is 11.8 Å². The largest absolute Gasteiger partial charge is 0.496 e. The lowest BCUT2D eigenvalue weighted by molar-refractivity contribution is -0.119. The second-order valence-corrected chi connectivity index (χ2v) is 7.49. The molecule has 0 saturated carbocycles. The van der Waals surface area contributed by atoms with E-state index in [0.29, 0.717) is 10.7 Å². The molecule has 0 saturated heterocycles. The number of carbonyl (C=O) groups excluding carboxylic acids is 2. The third kappa shape index (κ3) is 5.43. The van der Waals surface area contributed by atoms with E-state index in [4.69, 9.17) is 26.2 Å². The summed E-state index contributed by atoms with van der Waals surface area (Å²) in [7, 11) is -2.71. The van der Waals surface area contributed by atoms with Crippen molar-refractivity contribution in [1.82, 2.24) is 0 Å². The molecule has 0 spiro atoms. The predicted molar refractivity (Wildman–Crippen MR) is 99.5 cm³/mol. The van der Waals surface area contributed by atoms with Crippen LogP contribution < -0.4 is 15.2 Å². The number of primary sulfonamides is 1. The van der Waals surface area contributed by atoms with Gasteiger partial charge in [-0.3, -0.25) is 4.79 Å². The van der Waals surface area contributed by atoms with Gasteiger partial charge in [-0.2, -0.15) is 0 Å². The molecule has 0 unspecified atom stereocenters. The summed E-state index contributed by atoms with van der Waals surface area (Å²) < 4.78 is 32.8. The van der Waals surface area contributed by atoms with Gasteiger partial charge in [0.1, 0.15) is 11.3 Å². The fourth-order valence-electron chi connectivity index (χ4n) is 2.19. The Bertz CT molecular complexity index is 991. The molecule has 144 valence electrons. The molecule has 0 atom stereocenters. The van der Waals surface area contributed by atoms with Gasteiger partial charge < -0.3 is 14.8 Å². The minimum atomic E-state index is -4.02. The molecule has 0 aromatic heterocycles. The number of carbonyl (C=O) groups is 2. The lowest BCUT2D eigenvalue weighted by Crippen LogP contribution is -2.22. The molecular formula is C17H17ClN2O6S. The predicted octanol–water partition coefficient (Wildman–Crippen LogP) is 2.10. The van der Waals surface area contributed by atoms with Gasteiger partial charge >= 0.3 is 5.97 Å². The number of ether oxygens (including phenoxy) is 2. The number of methoxy groups -OCH3 is 1. The Morgan fingerprint density at radius 1 is 1.19 bits per heavy atom. The maximum Gasteiger partial charge on any atom is 0.342 e. The minimum Gasteiger partial charge on any atom is -0.496 e. The minimum absolute atomic E-state index is 0.0846. The highest BCUT2D eigenvalue weighted by molar-refractivity contribution is 7.89. The molecule has 0 bridgehead atoms. The van der Waals surface area contributed by atoms with Crippen LogP contribution in [0, 0.1) is 6.92 Å². The van der Waals surface area contributed by atoms with E-state index in [1.165, 1.54) is 19.2 Å². The second kappa shape index (κ2) is 8.38. The quantitative estimate of drug-likeness (QED) is 0.700. The maximum absolute atomic E-state index is 12.2. The summed E-state index contributed by atoms with van der Waals surface area (Å²) in [5.74, 6) is -1.42. The lowest BCUT2D eigenvalue weighted by atomic mass is 10.2. The Kier molecular flexibility index (Phi) is 6.42. The highest BCUT2D eigenvalue weighted by Crippen LogP contribution is 2.23. The van der Waals surface area contributed by atoms with E-state index in [-0.39, 0.29) is 16.2 Å². The van der Waals surface area contributed by atoms with Gasteiger partial charge in [-0.15, -0.1) is 0 Å². The van der Waals surface area contributed by atoms with E-state index in [9.17, 15) is 18.0 Å². The average molecular weight is 413 g/mol. The molecule has 2 aromatic carbocycles. The second-order valence-electron chi connectivity index (χ2n) is 5.49. The first-order valence-corrected chi connectivity index (χ1v) is 9.48. The number of benzene rings is 2. The summed E-state index contributed by atoms with van der Waals surface area (Å²) >= 11 is 5.85. The summed E-state index contributed by atoms with van der Waals surface area (Å²) in [5, 5.41) is 8.17. The van der Waals surface area contributed by atoms with Gasteiger partial charge in [0.05, 0.1) is 12.0 Å². The number of halogens is 1. The number of amides is 1. The number of nitrogens with two attached hydrogens (primary N) is 1. The van der Waals surface area contributed by atoms with Crippen LogP contribution in [-0.4, -0.2) is 34.0 Å². The van der Waals surface area contributed by atoms with Crippen LogP contribution in [0.5, 0.6) is 5.75 Å². The first-order valence-electron chi connectivity index (χ1n) is 7.56. The third-order valence-corrected chi connectivity index (χ3v) is 4.66. The first-order chi connectivity index (χ1) is 12.6. The van der Waals surface area contributed by atoms with Crippen LogP contribution in [0.15, 0.2) is 41.3 Å². The van der Waals surface area contributed by atoms with Gasteiger partial charge in [0, 0.05) is 10.7 Å². The number of aryl methyl sites for hydroxylation is 1. The van der Waals surface area contributed by atoms with Crippen molar-refractivity contribution in [3.8, 4) is 5.75 Å². The van der Waals surface area contributed by atoms with Crippen LogP contribution in [0.25, 0.3) is 0 Å². The summed E-state index contributed by atoms with van der Waals surface area (Å²) in [6.07, 6.45) is 0. The van der Waals surface area contributed by atoms with E-state index in [2.05, 4.69) is 5.32 Å². The zero-order valence-electron chi connectivity index (χ0n) is 14.5. The van der Waals surface area contributed by atoms with Crippen LogP contribution in [0.4, 0.5) is 5.69 Å². The van der Waals surface area contributed by atoms with Gasteiger partial charge in [-0.1, -0.05) is 11.6 Å². The summed E-state index contributed by atoms with van der Waals surface area (Å²) in [5.41, 5.74) is 1.10. The summed E-state index contributed by atoms with van der Waals surface area (Å²) in [4.78, 5) is 24.0. The van der Waals surface area contributed by atoms with Crippen LogP contribution in [-0.2, 0) is 19.6 Å². The normalized spacial score (nSPS) is 11.0. The lowest BCUT2D eigenvalue weighted by Gasteiger charge is -2.11. The number of esters is 1. The zero-order valence-corrected chi connectivity index (χ0v) is 16.1. The number of hydrogen-bond donors (Lipinski definition) is 2. The van der Waals surface area contributed by atoms with Gasteiger partial charge in [0.25, 0.3) is 5.91 Å². The molecule has 1 amide bonds. The SMILES string of the molecule is COc1ccc(S(N)(=O)=O)cc1C(=O)OCC(=O)Nc1ccc(Cl)cc1C. The molecule has 0 fully saturated rings. The Hall–Kier alpha value is -2.62. The highest BCUT2D eigenvalue weighted by atomic mass is 35.5. The third-order valence-electron chi connectivity index (χ3n) is 3.52. The van der Waals surface area contributed by atoms with E-state index < -0.39 is 28.5 Å². The molecule has 0 radical (unpaired) electrons. The summed E-state index contributed by atoms with van der Waals surface area (Å²) in [6, 6.07) is 8.40. The van der Waals surface area contributed by atoms with E-state index in [0.717, 1.165) is 11.6 Å². The number of rotatable bonds is 6. The zero-order chi connectivity index (χ0) is 20.2. The fourth-order valence-corrected chi connectivity index (χ4v) is 2.95. The molecule has 27 heavy (non-hydrogen) atoms. The molecule has 8 nitrogen and oxygen atoms in total. The molecule has 2 aromatic rings. The van der Waals surface area contributed by atoms with Crippen molar-refractivity contribution in [3.63, 3.8) is 0 Å². The van der Waals surface area contributed by atoms with E-state index >= 15 is 0 Å². The first kappa shape index (κ1) is 20.7. The average Bonchev–Trinajstić information content (AvgIpc) is 2.60. The molecule has 0 aliphatic rings. The number of sulfonamides is 1. The maximum atomic E-state index is 12.2. The van der Waals surface area contributed by atoms with Crippen LogP contribution >= 0.6 is 11.6 Å². The smallest absolute Gasteiger partial charge is 0.342 e. The molecule has 0 heterocycles. The number of nitrogens with one attached hydrogen (secondary N) is 1. The van der Waals surface area contributed by atoms with E-state index in [1.54, 1.807) is 25.1 Å². The fraction of sp³-hybridized carbons (Fsp3) is 0.176. The van der Waals surface area contributed by atoms with Crippen molar-refractivity contribution in [2.75, 3.05) is 19.0 Å². The van der Waals surface area contributed by atoms with Gasteiger partial charge in [0.15, 0.2) is 6.61 Å². The molecular weight excluding hydrogens is 396 g/mol. The van der Waals surface area contributed by atoms with E-state index in [1.807, 2.05) is 0 Å². The number of hydrogen-bond acceptors (Lipinski definition) is 6. The van der Waals surface area contributed by atoms with Crippen molar-refractivity contribution in [3.05, 3.63) is 52.5 Å². The van der Waals surface area contributed by atoms with Crippen molar-refractivity contribution in [2.24, 2.45) is 5.14 Å². The Balaban J connectivity index is 2.09. The molecule has 2 rings (SSSR count). The Labute approximate surface area is 161 Å². The topological polar surface area (TPSA) is 125 Å². The standard InChI is InChI=1S/C17H17ClN2O6S/c1-10-7-11(18)3-5-14(10)20-16(21)9-26-17(22)13-8-12(27(19,23)24)4-6-15(13)25-2/h3-8H,9H2,1-2H3,(H,20,21)(H2,19,23,24). The van der Waals surface area contributed by atoms with Crippen LogP contribution in [0.3, 0.4) is 0 Å². The number of anilines is 1. The molecule has 10 heteroatoms. The molecule has 3 N–H and O–H groups in total. The van der Waals surface area contributed by atoms with Crippen molar-refractivity contribution >= 4 is 39.2 Å². The van der Waals surface area contributed by atoms with Crippen LogP contribution in [0.2, 0.25) is 5.02 Å². The van der Waals surface area contributed by atoms with Gasteiger partial charge in [-0.05, 0) is 48.9 Å². The van der Waals surface area contributed by atoms with Crippen LogP contribution in [0.1, 0.15) is 15.9 Å². The Morgan fingerprint density at radius 2 is 1.89 bits per heavy atom. The molecule has 0 aliphatic heterocycles.